The second-order valence-electron chi connectivity index (χ2n) is 5.01. The average molecular weight is 282 g/mol. The molecule has 112 valence electrons. The number of aliphatic hydroxyl groups excluding tert-OH is 1. The number of nitrogens with one attached hydrogen (secondary N) is 1. The second kappa shape index (κ2) is 8.50. The summed E-state index contributed by atoms with van der Waals surface area (Å²) in [6, 6.07) is 4.96. The molecule has 20 heavy (non-hydrogen) atoms. The zero-order valence-electron chi connectivity index (χ0n) is 12.0. The van der Waals surface area contributed by atoms with Crippen molar-refractivity contribution in [1.29, 1.82) is 0 Å². The molecule has 0 saturated heterocycles. The lowest BCUT2D eigenvalue weighted by molar-refractivity contribution is -0.385. The highest BCUT2D eigenvalue weighted by molar-refractivity contribution is 5.48. The lowest BCUT2D eigenvalue weighted by Crippen LogP contribution is -2.19. The van der Waals surface area contributed by atoms with Gasteiger partial charge in [-0.1, -0.05) is 19.9 Å². The van der Waals surface area contributed by atoms with Gasteiger partial charge in [0.25, 0.3) is 0 Å². The van der Waals surface area contributed by atoms with Crippen molar-refractivity contribution >= 4 is 5.69 Å². The standard InChI is InChI=1S/C14H22N2O4/c1-11(2)9-15-10-12-4-5-14(20-7-3-6-17)13(8-12)16(18)19/h4-5,8,11,15,17H,3,6-7,9-10H2,1-2H3. The van der Waals surface area contributed by atoms with Crippen molar-refractivity contribution in [2.45, 2.75) is 26.8 Å². The SMILES string of the molecule is CC(C)CNCc1ccc(OCCCO)c([N+](=O)[O-])c1. The molecule has 0 fully saturated rings. The number of ether oxygens (including phenoxy) is 1. The number of aliphatic hydroxyl groups is 1. The quantitative estimate of drug-likeness (QED) is 0.411. The number of nitro groups is 1. The minimum atomic E-state index is -0.444. The van der Waals surface area contributed by atoms with E-state index < -0.39 is 4.92 Å². The molecule has 6 nitrogen and oxygen atoms in total. The van der Waals surface area contributed by atoms with Gasteiger partial charge in [-0.15, -0.1) is 0 Å². The van der Waals surface area contributed by atoms with E-state index in [9.17, 15) is 10.1 Å². The number of hydrogen-bond acceptors (Lipinski definition) is 5. The molecule has 0 aliphatic carbocycles. The lowest BCUT2D eigenvalue weighted by atomic mass is 10.1. The molecule has 2 N–H and O–H groups in total. The van der Waals surface area contributed by atoms with Gasteiger partial charge in [-0.05, 0) is 24.1 Å². The minimum Gasteiger partial charge on any atom is -0.487 e. The number of benzene rings is 1. The zero-order chi connectivity index (χ0) is 15.0. The maximum Gasteiger partial charge on any atom is 0.311 e. The summed E-state index contributed by atoms with van der Waals surface area (Å²) < 4.78 is 5.31. The predicted octanol–water partition coefficient (Wildman–Crippen LogP) is 2.10. The molecule has 0 saturated carbocycles. The first kappa shape index (κ1) is 16.4. The van der Waals surface area contributed by atoms with Gasteiger partial charge in [0.15, 0.2) is 5.75 Å². The van der Waals surface area contributed by atoms with E-state index in [0.29, 0.717) is 18.9 Å². The highest BCUT2D eigenvalue weighted by Gasteiger charge is 2.15. The van der Waals surface area contributed by atoms with Gasteiger partial charge in [-0.25, -0.2) is 0 Å². The maximum absolute atomic E-state index is 11.0. The third-order valence-electron chi connectivity index (χ3n) is 2.66. The molecule has 6 heteroatoms. The molecule has 0 atom stereocenters. The van der Waals surface area contributed by atoms with Gasteiger partial charge >= 0.3 is 5.69 Å². The molecule has 0 aliphatic rings. The van der Waals surface area contributed by atoms with Crippen molar-refractivity contribution in [3.05, 3.63) is 33.9 Å². The largest absolute Gasteiger partial charge is 0.487 e. The third kappa shape index (κ3) is 5.54. The van der Waals surface area contributed by atoms with Crippen molar-refractivity contribution < 1.29 is 14.8 Å². The van der Waals surface area contributed by atoms with E-state index in [0.717, 1.165) is 12.1 Å². The van der Waals surface area contributed by atoms with Gasteiger partial charge in [0.05, 0.1) is 11.5 Å². The minimum absolute atomic E-state index is 0.00496. The highest BCUT2D eigenvalue weighted by Crippen LogP contribution is 2.28. The van der Waals surface area contributed by atoms with E-state index in [1.807, 2.05) is 6.07 Å². The Morgan fingerprint density at radius 1 is 1.45 bits per heavy atom. The number of hydrogen-bond donors (Lipinski definition) is 2. The molecule has 0 spiro atoms. The fourth-order valence-electron chi connectivity index (χ4n) is 1.69. The predicted molar refractivity (Wildman–Crippen MR) is 76.8 cm³/mol. The van der Waals surface area contributed by atoms with Crippen LogP contribution >= 0.6 is 0 Å². The topological polar surface area (TPSA) is 84.6 Å². The number of nitrogens with zero attached hydrogens (tertiary/aromatic N) is 1. The van der Waals surface area contributed by atoms with E-state index in [1.54, 1.807) is 6.07 Å². The zero-order valence-corrected chi connectivity index (χ0v) is 12.0. The van der Waals surface area contributed by atoms with Crippen LogP contribution in [-0.4, -0.2) is 29.8 Å². The fraction of sp³-hybridized carbons (Fsp3) is 0.571. The van der Waals surface area contributed by atoms with Crippen molar-refractivity contribution in [1.82, 2.24) is 5.32 Å². The Hall–Kier alpha value is -1.66. The Labute approximate surface area is 118 Å². The van der Waals surface area contributed by atoms with E-state index in [-0.39, 0.29) is 24.7 Å². The van der Waals surface area contributed by atoms with Crippen LogP contribution in [0.15, 0.2) is 18.2 Å². The summed E-state index contributed by atoms with van der Waals surface area (Å²) in [7, 11) is 0. The molecule has 0 aliphatic heterocycles. The van der Waals surface area contributed by atoms with Gasteiger partial charge in [-0.2, -0.15) is 0 Å². The summed E-state index contributed by atoms with van der Waals surface area (Å²) in [5.41, 5.74) is 0.818. The molecule has 0 unspecified atom stereocenters. The molecule has 1 aromatic carbocycles. The second-order valence-corrected chi connectivity index (χ2v) is 5.01. The number of nitro benzene ring substituents is 1. The normalized spacial score (nSPS) is 10.8. The Morgan fingerprint density at radius 2 is 2.20 bits per heavy atom. The molecular formula is C14H22N2O4. The van der Waals surface area contributed by atoms with Crippen molar-refractivity contribution in [3.8, 4) is 5.75 Å². The van der Waals surface area contributed by atoms with Gasteiger partial charge in [0.1, 0.15) is 0 Å². The lowest BCUT2D eigenvalue weighted by Gasteiger charge is -2.09. The van der Waals surface area contributed by atoms with Crippen LogP contribution < -0.4 is 10.1 Å². The first-order chi connectivity index (χ1) is 9.54. The van der Waals surface area contributed by atoms with Crippen LogP contribution in [0.25, 0.3) is 0 Å². The maximum atomic E-state index is 11.0. The summed E-state index contributed by atoms with van der Waals surface area (Å²) in [5, 5.41) is 23.0. The van der Waals surface area contributed by atoms with Gasteiger partial charge in [-0.3, -0.25) is 10.1 Å². The molecule has 0 radical (unpaired) electrons. The van der Waals surface area contributed by atoms with E-state index >= 15 is 0 Å². The Morgan fingerprint density at radius 3 is 2.80 bits per heavy atom. The Kier molecular flexibility index (Phi) is 6.97. The van der Waals surface area contributed by atoms with Crippen molar-refractivity contribution in [3.63, 3.8) is 0 Å². The average Bonchev–Trinajstić information content (AvgIpc) is 2.39. The van der Waals surface area contributed by atoms with Crippen LogP contribution in [0.1, 0.15) is 25.8 Å². The summed E-state index contributed by atoms with van der Waals surface area (Å²) in [5.74, 6) is 0.780. The third-order valence-corrected chi connectivity index (χ3v) is 2.66. The van der Waals surface area contributed by atoms with Crippen molar-refractivity contribution in [2.24, 2.45) is 5.92 Å². The van der Waals surface area contributed by atoms with Gasteiger partial charge in [0.2, 0.25) is 0 Å². The highest BCUT2D eigenvalue weighted by atomic mass is 16.6. The molecule has 1 aromatic rings. The van der Waals surface area contributed by atoms with E-state index in [2.05, 4.69) is 19.2 Å². The van der Waals surface area contributed by atoms with Crippen LogP contribution in [0, 0.1) is 16.0 Å². The molecule has 0 bridgehead atoms. The summed E-state index contributed by atoms with van der Waals surface area (Å²) >= 11 is 0. The molecule has 0 aromatic heterocycles. The van der Waals surface area contributed by atoms with Crippen LogP contribution in [0.5, 0.6) is 5.75 Å². The smallest absolute Gasteiger partial charge is 0.311 e. The van der Waals surface area contributed by atoms with Gasteiger partial charge in [0, 0.05) is 25.6 Å². The Balaban J connectivity index is 2.71. The van der Waals surface area contributed by atoms with Crippen LogP contribution in [0.3, 0.4) is 0 Å². The Bertz CT molecular complexity index is 435. The molecule has 0 amide bonds. The monoisotopic (exact) mass is 282 g/mol. The van der Waals surface area contributed by atoms with Crippen LogP contribution in [0.2, 0.25) is 0 Å². The molecule has 0 heterocycles. The van der Waals surface area contributed by atoms with E-state index in [1.165, 1.54) is 6.07 Å². The van der Waals surface area contributed by atoms with Crippen LogP contribution in [0.4, 0.5) is 5.69 Å². The van der Waals surface area contributed by atoms with Gasteiger partial charge < -0.3 is 15.2 Å². The first-order valence-electron chi connectivity index (χ1n) is 6.76. The van der Waals surface area contributed by atoms with Crippen molar-refractivity contribution in [2.75, 3.05) is 19.8 Å². The number of rotatable bonds is 9. The first-order valence-corrected chi connectivity index (χ1v) is 6.76. The molecule has 1 rings (SSSR count). The summed E-state index contributed by atoms with van der Waals surface area (Å²) in [6.07, 6.45) is 0.453. The summed E-state index contributed by atoms with van der Waals surface area (Å²) in [6.45, 7) is 5.94. The molecular weight excluding hydrogens is 260 g/mol. The fourth-order valence-corrected chi connectivity index (χ4v) is 1.69. The van der Waals surface area contributed by atoms with E-state index in [4.69, 9.17) is 9.84 Å². The van der Waals surface area contributed by atoms with Crippen LogP contribution in [-0.2, 0) is 6.54 Å². The summed E-state index contributed by atoms with van der Waals surface area (Å²) in [4.78, 5) is 10.6.